The first-order valence-corrected chi connectivity index (χ1v) is 9.06. The predicted octanol–water partition coefficient (Wildman–Crippen LogP) is 1.13. The van der Waals surface area contributed by atoms with Crippen molar-refractivity contribution in [3.05, 3.63) is 42.5 Å². The molecule has 130 valence electrons. The third kappa shape index (κ3) is 4.42. The number of hydrogen-bond donors (Lipinski definition) is 3. The topological polar surface area (TPSA) is 113 Å². The lowest BCUT2D eigenvalue weighted by Gasteiger charge is -2.13. The minimum atomic E-state index is -3.62. The number of carboxylic acid groups (broad SMARTS) is 1. The summed E-state index contributed by atoms with van der Waals surface area (Å²) in [6.45, 7) is 3.57. The van der Waals surface area contributed by atoms with Crippen LogP contribution in [0.25, 0.3) is 0 Å². The Kier molecular flexibility index (Phi) is 5.74. The molecule has 1 saturated carbocycles. The quantitative estimate of drug-likeness (QED) is 0.637. The van der Waals surface area contributed by atoms with E-state index in [1.807, 2.05) is 0 Å². The second-order valence-corrected chi connectivity index (χ2v) is 7.45. The van der Waals surface area contributed by atoms with Crippen molar-refractivity contribution in [3.63, 3.8) is 0 Å². The standard InChI is InChI=1S/C16H20N2O5S/c1-2-9-17-24(22,23)14-7-4-11(5-8-14)15(19)18-13-6-3-12(10-13)16(20)21/h2,4-5,7-8,12-13,17H,1,3,6,9-10H2,(H,18,19)(H,20,21)/t12-,13+/m0/s1. The minimum absolute atomic E-state index is 0.0627. The molecule has 0 heterocycles. The molecule has 0 radical (unpaired) electrons. The second kappa shape index (κ2) is 7.59. The van der Waals surface area contributed by atoms with Crippen molar-refractivity contribution < 1.29 is 23.1 Å². The maximum absolute atomic E-state index is 12.2. The molecule has 2 atom stereocenters. The highest BCUT2D eigenvalue weighted by atomic mass is 32.2. The van der Waals surface area contributed by atoms with Crippen LogP contribution in [0.1, 0.15) is 29.6 Å². The third-order valence-corrected chi connectivity index (χ3v) is 5.40. The van der Waals surface area contributed by atoms with Crippen LogP contribution in [0.2, 0.25) is 0 Å². The Hall–Kier alpha value is -2.19. The molecule has 1 aliphatic carbocycles. The number of rotatable bonds is 7. The zero-order valence-electron chi connectivity index (χ0n) is 13.1. The summed E-state index contributed by atoms with van der Waals surface area (Å²) in [4.78, 5) is 23.2. The van der Waals surface area contributed by atoms with E-state index in [4.69, 9.17) is 5.11 Å². The third-order valence-electron chi connectivity index (χ3n) is 3.96. The van der Waals surface area contributed by atoms with E-state index in [2.05, 4.69) is 16.6 Å². The van der Waals surface area contributed by atoms with Crippen molar-refractivity contribution in [3.8, 4) is 0 Å². The highest BCUT2D eigenvalue weighted by Gasteiger charge is 2.30. The van der Waals surface area contributed by atoms with Crippen molar-refractivity contribution in [2.75, 3.05) is 6.54 Å². The number of sulfonamides is 1. The summed E-state index contributed by atoms with van der Waals surface area (Å²) in [7, 11) is -3.62. The van der Waals surface area contributed by atoms with Crippen molar-refractivity contribution in [1.29, 1.82) is 0 Å². The second-order valence-electron chi connectivity index (χ2n) is 5.68. The van der Waals surface area contributed by atoms with Crippen LogP contribution in [-0.2, 0) is 14.8 Å². The first-order valence-electron chi connectivity index (χ1n) is 7.58. The number of amides is 1. The molecule has 1 fully saturated rings. The number of carbonyl (C=O) groups excluding carboxylic acids is 1. The van der Waals surface area contributed by atoms with Crippen LogP contribution in [0, 0.1) is 5.92 Å². The molecule has 0 saturated heterocycles. The molecule has 1 aromatic rings. The average molecular weight is 352 g/mol. The molecular formula is C16H20N2O5S. The lowest BCUT2D eigenvalue weighted by molar-refractivity contribution is -0.141. The Morgan fingerprint density at radius 3 is 2.46 bits per heavy atom. The highest BCUT2D eigenvalue weighted by molar-refractivity contribution is 7.89. The molecule has 0 bridgehead atoms. The van der Waals surface area contributed by atoms with Gasteiger partial charge in [0.1, 0.15) is 0 Å². The van der Waals surface area contributed by atoms with Gasteiger partial charge in [0.15, 0.2) is 0 Å². The van der Waals surface area contributed by atoms with Crippen LogP contribution in [0.5, 0.6) is 0 Å². The zero-order valence-corrected chi connectivity index (χ0v) is 13.9. The van der Waals surface area contributed by atoms with E-state index in [0.29, 0.717) is 24.8 Å². The Morgan fingerprint density at radius 1 is 1.25 bits per heavy atom. The molecule has 8 heteroatoms. The Bertz CT molecular complexity index is 727. The van der Waals surface area contributed by atoms with E-state index < -0.39 is 21.9 Å². The molecule has 0 spiro atoms. The molecular weight excluding hydrogens is 332 g/mol. The normalized spacial score (nSPS) is 20.5. The molecule has 7 nitrogen and oxygen atoms in total. The molecule has 1 aromatic carbocycles. The van der Waals surface area contributed by atoms with E-state index in [9.17, 15) is 18.0 Å². The van der Waals surface area contributed by atoms with Gasteiger partial charge < -0.3 is 10.4 Å². The average Bonchev–Trinajstić information content (AvgIpc) is 3.02. The van der Waals surface area contributed by atoms with Crippen LogP contribution >= 0.6 is 0 Å². The summed E-state index contributed by atoms with van der Waals surface area (Å²) in [6.07, 6.45) is 3.03. The van der Waals surface area contributed by atoms with Gasteiger partial charge in [-0.2, -0.15) is 0 Å². The van der Waals surface area contributed by atoms with Gasteiger partial charge in [0, 0.05) is 18.2 Å². The van der Waals surface area contributed by atoms with Crippen molar-refractivity contribution in [2.24, 2.45) is 5.92 Å². The number of benzene rings is 1. The maximum Gasteiger partial charge on any atom is 0.306 e. The molecule has 1 amide bonds. The fourth-order valence-electron chi connectivity index (χ4n) is 2.64. The number of nitrogens with one attached hydrogen (secondary N) is 2. The molecule has 0 aliphatic heterocycles. The molecule has 24 heavy (non-hydrogen) atoms. The number of carbonyl (C=O) groups is 2. The lowest BCUT2D eigenvalue weighted by Crippen LogP contribution is -2.33. The van der Waals surface area contributed by atoms with Crippen LogP contribution in [-0.4, -0.2) is 38.0 Å². The maximum atomic E-state index is 12.2. The lowest BCUT2D eigenvalue weighted by atomic mass is 10.1. The summed E-state index contributed by atoms with van der Waals surface area (Å²) < 4.78 is 26.2. The van der Waals surface area contributed by atoms with Gasteiger partial charge in [0.25, 0.3) is 5.91 Å². The minimum Gasteiger partial charge on any atom is -0.481 e. The van der Waals surface area contributed by atoms with E-state index in [1.165, 1.54) is 30.3 Å². The number of aliphatic carboxylic acids is 1. The van der Waals surface area contributed by atoms with Crippen molar-refractivity contribution in [1.82, 2.24) is 10.0 Å². The van der Waals surface area contributed by atoms with Gasteiger partial charge in [0.05, 0.1) is 10.8 Å². The van der Waals surface area contributed by atoms with Gasteiger partial charge in [-0.25, -0.2) is 13.1 Å². The van der Waals surface area contributed by atoms with Gasteiger partial charge in [-0.15, -0.1) is 6.58 Å². The Morgan fingerprint density at radius 2 is 1.92 bits per heavy atom. The molecule has 1 aliphatic rings. The first-order chi connectivity index (χ1) is 11.3. The highest BCUT2D eigenvalue weighted by Crippen LogP contribution is 2.26. The van der Waals surface area contributed by atoms with Crippen LogP contribution in [0.15, 0.2) is 41.8 Å². The number of hydrogen-bond acceptors (Lipinski definition) is 4. The number of carboxylic acids is 1. The van der Waals surface area contributed by atoms with E-state index >= 15 is 0 Å². The van der Waals surface area contributed by atoms with Gasteiger partial charge in [0.2, 0.25) is 10.0 Å². The molecule has 3 N–H and O–H groups in total. The van der Waals surface area contributed by atoms with Crippen molar-refractivity contribution in [2.45, 2.75) is 30.2 Å². The van der Waals surface area contributed by atoms with E-state index in [0.717, 1.165) is 0 Å². The summed E-state index contributed by atoms with van der Waals surface area (Å²) in [6, 6.07) is 5.41. The van der Waals surface area contributed by atoms with Gasteiger partial charge in [-0.3, -0.25) is 9.59 Å². The smallest absolute Gasteiger partial charge is 0.306 e. The Balaban J connectivity index is 1.99. The summed E-state index contributed by atoms with van der Waals surface area (Å²) in [5.41, 5.74) is 0.330. The fourth-order valence-corrected chi connectivity index (χ4v) is 3.64. The summed E-state index contributed by atoms with van der Waals surface area (Å²) >= 11 is 0. The van der Waals surface area contributed by atoms with Crippen LogP contribution in [0.3, 0.4) is 0 Å². The fraction of sp³-hybridized carbons (Fsp3) is 0.375. The predicted molar refractivity (Wildman–Crippen MR) is 88.1 cm³/mol. The van der Waals surface area contributed by atoms with Gasteiger partial charge >= 0.3 is 5.97 Å². The van der Waals surface area contributed by atoms with Crippen molar-refractivity contribution >= 4 is 21.9 Å². The van der Waals surface area contributed by atoms with Crippen LogP contribution < -0.4 is 10.0 Å². The summed E-state index contributed by atoms with van der Waals surface area (Å²) in [5.74, 6) is -1.60. The molecule has 0 aromatic heterocycles. The largest absolute Gasteiger partial charge is 0.481 e. The molecule has 2 rings (SSSR count). The molecule has 0 unspecified atom stereocenters. The first kappa shape index (κ1) is 18.2. The van der Waals surface area contributed by atoms with E-state index in [-0.39, 0.29) is 23.4 Å². The Labute approximate surface area is 140 Å². The van der Waals surface area contributed by atoms with Crippen LogP contribution in [0.4, 0.5) is 0 Å². The zero-order chi connectivity index (χ0) is 17.7. The summed E-state index contributed by atoms with van der Waals surface area (Å²) in [5, 5.41) is 11.8. The van der Waals surface area contributed by atoms with E-state index in [1.54, 1.807) is 0 Å². The SMILES string of the molecule is C=CCNS(=O)(=O)c1ccc(C(=O)N[C@@H]2CC[C@H](C(=O)O)C2)cc1. The monoisotopic (exact) mass is 352 g/mol. The van der Waals surface area contributed by atoms with Gasteiger partial charge in [-0.1, -0.05) is 6.08 Å². The van der Waals surface area contributed by atoms with Gasteiger partial charge in [-0.05, 0) is 43.5 Å².